The minimum atomic E-state index is -0.799. The van der Waals surface area contributed by atoms with E-state index in [4.69, 9.17) is 0 Å². The molecule has 10 heteroatoms. The topological polar surface area (TPSA) is 97.1 Å². The molecular weight excluding hydrogens is 312 g/mol. The summed E-state index contributed by atoms with van der Waals surface area (Å²) in [5, 5.41) is 8.63. The van der Waals surface area contributed by atoms with Crippen molar-refractivity contribution in [2.75, 3.05) is 7.05 Å². The summed E-state index contributed by atoms with van der Waals surface area (Å²) in [6.07, 6.45) is 1.95. The number of imidazole rings is 1. The first-order valence-corrected chi connectivity index (χ1v) is 7.74. The van der Waals surface area contributed by atoms with Crippen LogP contribution >= 0.6 is 23.1 Å². The van der Waals surface area contributed by atoms with E-state index in [1.165, 1.54) is 27.8 Å². The van der Waals surface area contributed by atoms with E-state index in [2.05, 4.69) is 20.4 Å². The van der Waals surface area contributed by atoms with Gasteiger partial charge < -0.3 is 5.32 Å². The first-order valence-electron chi connectivity index (χ1n) is 6.04. The van der Waals surface area contributed by atoms with E-state index in [1.807, 2.05) is 23.0 Å². The molecule has 0 saturated heterocycles. The largest absolute Gasteiger partial charge is 0.339 e. The lowest BCUT2D eigenvalue weighted by Crippen LogP contribution is -2.33. The Kier molecular flexibility index (Phi) is 3.66. The molecule has 0 aliphatic carbocycles. The number of H-pyrrole nitrogens is 1. The summed E-state index contributed by atoms with van der Waals surface area (Å²) in [5.74, 6) is 0. The lowest BCUT2D eigenvalue weighted by Gasteiger charge is -2.06. The third-order valence-electron chi connectivity index (χ3n) is 2.80. The van der Waals surface area contributed by atoms with Crippen LogP contribution in [0.1, 0.15) is 5.69 Å². The highest BCUT2D eigenvalue weighted by Gasteiger charge is 2.16. The number of aromatic nitrogens is 5. The Bertz CT molecular complexity index is 905. The smallest absolute Gasteiger partial charge is 0.314 e. The van der Waals surface area contributed by atoms with E-state index in [1.54, 1.807) is 7.05 Å². The molecular formula is C11H12N6O2S2. The monoisotopic (exact) mass is 324 g/mol. The summed E-state index contributed by atoms with van der Waals surface area (Å²) in [4.78, 5) is 31.8. The molecule has 0 bridgehead atoms. The van der Waals surface area contributed by atoms with Crippen LogP contribution in [-0.2, 0) is 13.6 Å². The summed E-state index contributed by atoms with van der Waals surface area (Å²) < 4.78 is 3.41. The quantitative estimate of drug-likeness (QED) is 0.658. The van der Waals surface area contributed by atoms with E-state index >= 15 is 0 Å². The molecule has 3 aromatic heterocycles. The number of rotatable bonds is 4. The van der Waals surface area contributed by atoms with Gasteiger partial charge in [0.1, 0.15) is 5.03 Å². The molecule has 0 aliphatic rings. The van der Waals surface area contributed by atoms with E-state index in [0.29, 0.717) is 11.7 Å². The summed E-state index contributed by atoms with van der Waals surface area (Å²) in [6.45, 7) is 0.636. The second-order valence-electron chi connectivity index (χ2n) is 4.25. The molecule has 0 aromatic carbocycles. The second-order valence-corrected chi connectivity index (χ2v) is 6.08. The van der Waals surface area contributed by atoms with Crippen molar-refractivity contribution in [3.63, 3.8) is 0 Å². The molecule has 0 saturated carbocycles. The zero-order valence-corrected chi connectivity index (χ0v) is 12.9. The number of aryl methyl sites for hydroxylation is 1. The molecule has 0 radical (unpaired) electrons. The average molecular weight is 324 g/mol. The Labute approximate surface area is 126 Å². The number of aromatic amines is 1. The first kappa shape index (κ1) is 14.0. The van der Waals surface area contributed by atoms with Crippen molar-refractivity contribution in [2.24, 2.45) is 7.05 Å². The van der Waals surface area contributed by atoms with E-state index in [-0.39, 0.29) is 0 Å². The van der Waals surface area contributed by atoms with Crippen LogP contribution in [0.3, 0.4) is 0 Å². The molecule has 0 unspecified atom stereocenters. The summed E-state index contributed by atoms with van der Waals surface area (Å²) in [5.41, 5.74) is -0.547. The maximum absolute atomic E-state index is 11.4. The molecule has 3 aromatic rings. The van der Waals surface area contributed by atoms with Gasteiger partial charge >= 0.3 is 11.1 Å². The van der Waals surface area contributed by atoms with E-state index in [9.17, 15) is 9.59 Å². The predicted molar refractivity (Wildman–Crippen MR) is 80.1 cm³/mol. The van der Waals surface area contributed by atoms with Gasteiger partial charge in [-0.3, -0.25) is 23.8 Å². The third kappa shape index (κ3) is 2.52. The molecule has 0 spiro atoms. The Morgan fingerprint density at radius 3 is 3.00 bits per heavy atom. The fraction of sp³-hybridized carbons (Fsp3) is 0.273. The highest BCUT2D eigenvalue weighted by Crippen LogP contribution is 2.29. The maximum atomic E-state index is 11.4. The zero-order chi connectivity index (χ0) is 15.0. The van der Waals surface area contributed by atoms with Gasteiger partial charge in [0.15, 0.2) is 10.1 Å². The van der Waals surface area contributed by atoms with E-state index < -0.39 is 11.1 Å². The molecule has 0 fully saturated rings. The normalized spacial score (nSPS) is 11.3. The lowest BCUT2D eigenvalue weighted by atomic mass is 10.5. The van der Waals surface area contributed by atoms with Crippen molar-refractivity contribution in [1.29, 1.82) is 0 Å². The van der Waals surface area contributed by atoms with Crippen LogP contribution in [0, 0.1) is 0 Å². The lowest BCUT2D eigenvalue weighted by molar-refractivity contribution is 0.596. The number of fused-ring (bicyclic) bond motifs is 1. The van der Waals surface area contributed by atoms with Crippen molar-refractivity contribution in [3.05, 3.63) is 38.0 Å². The Balaban J connectivity index is 2.07. The molecule has 0 atom stereocenters. The van der Waals surface area contributed by atoms with Crippen LogP contribution in [-0.4, -0.2) is 31.2 Å². The Hall–Kier alpha value is -1.91. The molecule has 21 heavy (non-hydrogen) atoms. The van der Waals surface area contributed by atoms with E-state index in [0.717, 1.165) is 15.7 Å². The zero-order valence-electron chi connectivity index (χ0n) is 11.3. The highest BCUT2D eigenvalue weighted by molar-refractivity contribution is 7.99. The van der Waals surface area contributed by atoms with Gasteiger partial charge in [0, 0.05) is 25.2 Å². The number of hydrogen-bond acceptors (Lipinski definition) is 7. The minimum absolute atomic E-state index is 0.391. The van der Waals surface area contributed by atoms with Gasteiger partial charge in [-0.1, -0.05) is 0 Å². The fourth-order valence-corrected chi connectivity index (χ4v) is 3.56. The van der Waals surface area contributed by atoms with Gasteiger partial charge in [-0.2, -0.15) is 4.98 Å². The highest BCUT2D eigenvalue weighted by atomic mass is 32.2. The Morgan fingerprint density at radius 2 is 2.24 bits per heavy atom. The number of hydrogen-bond donors (Lipinski definition) is 2. The van der Waals surface area contributed by atoms with Crippen molar-refractivity contribution in [1.82, 2.24) is 29.5 Å². The Morgan fingerprint density at radius 1 is 1.43 bits per heavy atom. The number of thiazole rings is 1. The van der Waals surface area contributed by atoms with Crippen molar-refractivity contribution < 1.29 is 0 Å². The van der Waals surface area contributed by atoms with Crippen LogP contribution < -0.4 is 16.4 Å². The maximum Gasteiger partial charge on any atom is 0.339 e. The van der Waals surface area contributed by atoms with Gasteiger partial charge in [0.2, 0.25) is 0 Å². The van der Waals surface area contributed by atoms with Crippen LogP contribution in [0.25, 0.3) is 4.96 Å². The molecule has 3 heterocycles. The van der Waals surface area contributed by atoms with Crippen molar-refractivity contribution in [3.8, 4) is 0 Å². The van der Waals surface area contributed by atoms with Gasteiger partial charge in [-0.25, -0.2) is 4.98 Å². The van der Waals surface area contributed by atoms with Gasteiger partial charge in [-0.05, 0) is 18.8 Å². The van der Waals surface area contributed by atoms with Crippen LogP contribution in [0.4, 0.5) is 0 Å². The number of nitrogens with one attached hydrogen (secondary N) is 2. The van der Waals surface area contributed by atoms with Crippen LogP contribution in [0.15, 0.2) is 31.3 Å². The molecule has 3 rings (SSSR count). The van der Waals surface area contributed by atoms with Crippen molar-refractivity contribution >= 4 is 28.1 Å². The minimum Gasteiger partial charge on any atom is -0.314 e. The molecule has 0 aliphatic heterocycles. The molecule has 2 N–H and O–H groups in total. The first-order chi connectivity index (χ1) is 10.1. The summed E-state index contributed by atoms with van der Waals surface area (Å²) >= 11 is 2.78. The molecule has 8 nitrogen and oxygen atoms in total. The second kappa shape index (κ2) is 5.47. The molecule has 0 amide bonds. The van der Waals surface area contributed by atoms with Gasteiger partial charge in [-0.15, -0.1) is 11.3 Å². The standard InChI is InChI=1S/C11H12N6O2S2/c1-12-5-6-9(14-11-17(6)3-4-20-11)21-10-13-7(18)8(19)15-16(10)2/h3-4,12H,5H2,1-2H3,(H,15,19). The van der Waals surface area contributed by atoms with Gasteiger partial charge in [0.25, 0.3) is 0 Å². The fourth-order valence-electron chi connectivity index (χ4n) is 1.86. The van der Waals surface area contributed by atoms with Gasteiger partial charge in [0.05, 0.1) is 5.69 Å². The predicted octanol–water partition coefficient (Wildman–Crippen LogP) is 0.0484. The summed E-state index contributed by atoms with van der Waals surface area (Å²) in [6, 6.07) is 0. The van der Waals surface area contributed by atoms with Crippen LogP contribution in [0.2, 0.25) is 0 Å². The third-order valence-corrected chi connectivity index (χ3v) is 4.63. The average Bonchev–Trinajstić information content (AvgIpc) is 3.00. The SMILES string of the molecule is CNCc1c(Sc2nc(=O)c(=O)[nH]n2C)nc2sccn12. The number of nitrogens with zero attached hydrogens (tertiary/aromatic N) is 4. The summed E-state index contributed by atoms with van der Waals surface area (Å²) in [7, 11) is 3.49. The van der Waals surface area contributed by atoms with Crippen LogP contribution in [0.5, 0.6) is 0 Å². The van der Waals surface area contributed by atoms with Crippen molar-refractivity contribution in [2.45, 2.75) is 16.7 Å². The molecule has 110 valence electrons.